The largest absolute Gasteiger partial charge is 0.409 e. The number of oxime groups is 1. The molecule has 4 N–H and O–H groups in total. The molecular formula is C12H25N3O4S. The normalized spacial score (nSPS) is 21.1. The van der Waals surface area contributed by atoms with Crippen LogP contribution < -0.4 is 10.5 Å². The molecule has 7 nitrogen and oxygen atoms in total. The molecule has 0 aromatic heterocycles. The fourth-order valence-electron chi connectivity index (χ4n) is 2.56. The van der Waals surface area contributed by atoms with Gasteiger partial charge in [0.05, 0.1) is 17.9 Å². The van der Waals surface area contributed by atoms with Crippen molar-refractivity contribution in [2.24, 2.45) is 10.9 Å². The van der Waals surface area contributed by atoms with Crippen molar-refractivity contribution in [3.05, 3.63) is 0 Å². The number of amidine groups is 1. The zero-order valence-corrected chi connectivity index (χ0v) is 12.8. The third-order valence-corrected chi connectivity index (χ3v) is 5.12. The molecule has 0 aromatic carbocycles. The van der Waals surface area contributed by atoms with E-state index in [0.717, 1.165) is 32.1 Å². The summed E-state index contributed by atoms with van der Waals surface area (Å²) >= 11 is 0. The Balaban J connectivity index is 2.92. The monoisotopic (exact) mass is 307 g/mol. The molecule has 0 unspecified atom stereocenters. The highest BCUT2D eigenvalue weighted by atomic mass is 32.2. The number of ether oxygens (including phenoxy) is 1. The van der Waals surface area contributed by atoms with Crippen LogP contribution in [0.3, 0.4) is 0 Å². The zero-order chi connectivity index (χ0) is 15.1. The smallest absolute Gasteiger partial charge is 0.214 e. The van der Waals surface area contributed by atoms with E-state index in [1.807, 2.05) is 0 Å². The van der Waals surface area contributed by atoms with Gasteiger partial charge in [-0.25, -0.2) is 13.1 Å². The molecule has 1 rings (SSSR count). The first kappa shape index (κ1) is 17.2. The summed E-state index contributed by atoms with van der Waals surface area (Å²) < 4.78 is 31.6. The molecule has 118 valence electrons. The highest BCUT2D eigenvalue weighted by Crippen LogP contribution is 2.27. The SMILES string of the molecule is COCCS(=O)(=O)NC1(C(N)=NO)CCCCCCC1. The van der Waals surface area contributed by atoms with Gasteiger partial charge in [0.1, 0.15) is 0 Å². The van der Waals surface area contributed by atoms with Crippen LogP contribution >= 0.6 is 0 Å². The molecular weight excluding hydrogens is 282 g/mol. The lowest BCUT2D eigenvalue weighted by atomic mass is 9.84. The molecule has 0 aromatic rings. The number of methoxy groups -OCH3 is 1. The minimum atomic E-state index is -3.53. The lowest BCUT2D eigenvalue weighted by Gasteiger charge is -2.34. The summed E-state index contributed by atoms with van der Waals surface area (Å²) in [5, 5.41) is 12.0. The van der Waals surface area contributed by atoms with Crippen molar-refractivity contribution in [2.45, 2.75) is 50.5 Å². The van der Waals surface area contributed by atoms with E-state index in [-0.39, 0.29) is 18.2 Å². The summed E-state index contributed by atoms with van der Waals surface area (Å²) in [7, 11) is -2.08. The highest BCUT2D eigenvalue weighted by Gasteiger charge is 2.38. The maximum Gasteiger partial charge on any atom is 0.214 e. The number of rotatable bonds is 6. The van der Waals surface area contributed by atoms with Crippen molar-refractivity contribution < 1.29 is 18.4 Å². The van der Waals surface area contributed by atoms with Gasteiger partial charge in [0.2, 0.25) is 10.0 Å². The molecule has 0 radical (unpaired) electrons. The van der Waals surface area contributed by atoms with Crippen LogP contribution in [-0.4, -0.2) is 44.5 Å². The predicted molar refractivity (Wildman–Crippen MR) is 77.3 cm³/mol. The van der Waals surface area contributed by atoms with E-state index < -0.39 is 15.6 Å². The maximum atomic E-state index is 12.1. The summed E-state index contributed by atoms with van der Waals surface area (Å²) in [5.74, 6) is -0.190. The minimum absolute atomic E-state index is 0.0552. The van der Waals surface area contributed by atoms with Crippen molar-refractivity contribution >= 4 is 15.9 Å². The summed E-state index contributed by atoms with van der Waals surface area (Å²) in [6.07, 6.45) is 6.00. The topological polar surface area (TPSA) is 114 Å². The first-order chi connectivity index (χ1) is 9.46. The molecule has 8 heteroatoms. The van der Waals surface area contributed by atoms with Gasteiger partial charge in [-0.3, -0.25) is 0 Å². The minimum Gasteiger partial charge on any atom is -0.409 e. The Kier molecular flexibility index (Phi) is 6.70. The standard InChI is InChI=1S/C12H25N3O4S/c1-19-9-10-20(17,18)15-12(11(13)14-16)7-5-3-2-4-6-8-12/h15-16H,2-10H2,1H3,(H2,13,14). The van der Waals surface area contributed by atoms with Gasteiger partial charge < -0.3 is 15.7 Å². The predicted octanol–water partition coefficient (Wildman–Crippen LogP) is 0.782. The highest BCUT2D eigenvalue weighted by molar-refractivity contribution is 7.89. The van der Waals surface area contributed by atoms with Crippen molar-refractivity contribution in [2.75, 3.05) is 19.5 Å². The second-order valence-electron chi connectivity index (χ2n) is 5.25. The van der Waals surface area contributed by atoms with Crippen LogP contribution in [0.1, 0.15) is 44.9 Å². The molecule has 0 aliphatic heterocycles. The number of nitrogens with two attached hydrogens (primary N) is 1. The molecule has 1 aliphatic rings. The Hall–Kier alpha value is -0.860. The Morgan fingerprint density at radius 1 is 1.30 bits per heavy atom. The Morgan fingerprint density at radius 2 is 1.85 bits per heavy atom. The molecule has 1 aliphatic carbocycles. The third-order valence-electron chi connectivity index (χ3n) is 3.71. The number of nitrogens with one attached hydrogen (secondary N) is 1. The van der Waals surface area contributed by atoms with Gasteiger partial charge in [-0.05, 0) is 12.8 Å². The van der Waals surface area contributed by atoms with Gasteiger partial charge in [0.15, 0.2) is 5.84 Å². The Bertz CT molecular complexity index is 414. The van der Waals surface area contributed by atoms with Gasteiger partial charge in [-0.1, -0.05) is 37.3 Å². The summed E-state index contributed by atoms with van der Waals surface area (Å²) in [5.41, 5.74) is 4.81. The van der Waals surface area contributed by atoms with E-state index in [2.05, 4.69) is 9.88 Å². The van der Waals surface area contributed by atoms with E-state index in [1.165, 1.54) is 7.11 Å². The Morgan fingerprint density at radius 3 is 2.35 bits per heavy atom. The van der Waals surface area contributed by atoms with E-state index in [0.29, 0.717) is 12.8 Å². The van der Waals surface area contributed by atoms with Crippen molar-refractivity contribution in [3.63, 3.8) is 0 Å². The number of sulfonamides is 1. The van der Waals surface area contributed by atoms with Gasteiger partial charge in [-0.2, -0.15) is 0 Å². The third kappa shape index (κ3) is 4.92. The molecule has 0 saturated heterocycles. The Labute approximate surface area is 120 Å². The van der Waals surface area contributed by atoms with Crippen molar-refractivity contribution in [3.8, 4) is 0 Å². The van der Waals surface area contributed by atoms with E-state index in [4.69, 9.17) is 15.7 Å². The summed E-state index contributed by atoms with van der Waals surface area (Å²) in [4.78, 5) is 0. The van der Waals surface area contributed by atoms with Gasteiger partial charge in [-0.15, -0.1) is 0 Å². The first-order valence-electron chi connectivity index (χ1n) is 6.94. The molecule has 1 saturated carbocycles. The molecule has 0 amide bonds. The van der Waals surface area contributed by atoms with Crippen LogP contribution in [0.4, 0.5) is 0 Å². The van der Waals surface area contributed by atoms with Gasteiger partial charge in [0, 0.05) is 7.11 Å². The molecule has 0 bridgehead atoms. The molecule has 0 atom stereocenters. The van der Waals surface area contributed by atoms with E-state index in [9.17, 15) is 8.42 Å². The van der Waals surface area contributed by atoms with Crippen LogP contribution in [0.2, 0.25) is 0 Å². The maximum absolute atomic E-state index is 12.1. The number of hydrogen-bond donors (Lipinski definition) is 3. The van der Waals surface area contributed by atoms with E-state index in [1.54, 1.807) is 0 Å². The lowest BCUT2D eigenvalue weighted by Crippen LogP contribution is -2.58. The van der Waals surface area contributed by atoms with Gasteiger partial charge in [0.25, 0.3) is 0 Å². The van der Waals surface area contributed by atoms with Crippen LogP contribution in [0, 0.1) is 0 Å². The average Bonchev–Trinajstić information content (AvgIpc) is 2.38. The van der Waals surface area contributed by atoms with Crippen molar-refractivity contribution in [1.29, 1.82) is 0 Å². The summed E-state index contributed by atoms with van der Waals surface area (Å²) in [6, 6.07) is 0. The quantitative estimate of drug-likeness (QED) is 0.290. The number of hydrogen-bond acceptors (Lipinski definition) is 5. The zero-order valence-electron chi connectivity index (χ0n) is 12.0. The van der Waals surface area contributed by atoms with E-state index >= 15 is 0 Å². The fraction of sp³-hybridized carbons (Fsp3) is 0.917. The lowest BCUT2D eigenvalue weighted by molar-refractivity contribution is 0.216. The molecule has 0 spiro atoms. The second kappa shape index (κ2) is 7.80. The second-order valence-corrected chi connectivity index (χ2v) is 7.09. The first-order valence-corrected chi connectivity index (χ1v) is 8.59. The molecule has 0 heterocycles. The van der Waals surface area contributed by atoms with Crippen molar-refractivity contribution in [1.82, 2.24) is 4.72 Å². The van der Waals surface area contributed by atoms with Crippen LogP contribution in [0.15, 0.2) is 5.16 Å². The van der Waals surface area contributed by atoms with Crippen LogP contribution in [0.25, 0.3) is 0 Å². The van der Waals surface area contributed by atoms with Crippen LogP contribution in [-0.2, 0) is 14.8 Å². The number of nitrogens with zero attached hydrogens (tertiary/aromatic N) is 1. The van der Waals surface area contributed by atoms with Gasteiger partial charge >= 0.3 is 0 Å². The molecule has 20 heavy (non-hydrogen) atoms. The average molecular weight is 307 g/mol. The van der Waals surface area contributed by atoms with Crippen LogP contribution in [0.5, 0.6) is 0 Å². The molecule has 1 fully saturated rings. The summed E-state index contributed by atoms with van der Waals surface area (Å²) in [6.45, 7) is 0.113. The fourth-order valence-corrected chi connectivity index (χ4v) is 3.95.